The highest BCUT2D eigenvalue weighted by molar-refractivity contribution is 5.27. The van der Waals surface area contributed by atoms with E-state index >= 15 is 0 Å². The average molecular weight is 219 g/mol. The monoisotopic (exact) mass is 219 g/mol. The van der Waals surface area contributed by atoms with Crippen LogP contribution in [0.25, 0.3) is 0 Å². The van der Waals surface area contributed by atoms with Crippen LogP contribution in [0.5, 0.6) is 5.75 Å². The fourth-order valence-electron chi connectivity index (χ4n) is 2.23. The first-order valence-corrected chi connectivity index (χ1v) is 6.18. The van der Waals surface area contributed by atoms with Gasteiger partial charge in [0.1, 0.15) is 5.75 Å². The first-order valence-electron chi connectivity index (χ1n) is 6.18. The van der Waals surface area contributed by atoms with Crippen LogP contribution < -0.4 is 10.5 Å². The summed E-state index contributed by atoms with van der Waals surface area (Å²) < 4.78 is 5.13. The fourth-order valence-corrected chi connectivity index (χ4v) is 2.23. The Kier molecular flexibility index (Phi) is 3.83. The van der Waals surface area contributed by atoms with Crippen molar-refractivity contribution < 1.29 is 4.74 Å². The molecule has 16 heavy (non-hydrogen) atoms. The Morgan fingerprint density at radius 2 is 2.00 bits per heavy atom. The van der Waals surface area contributed by atoms with E-state index in [4.69, 9.17) is 10.5 Å². The lowest BCUT2D eigenvalue weighted by atomic mass is 9.78. The van der Waals surface area contributed by atoms with Gasteiger partial charge in [-0.1, -0.05) is 18.6 Å². The SMILES string of the molecule is COc1ccc(CCC(N)C2CCC2)cc1. The molecule has 1 unspecified atom stereocenters. The molecule has 2 rings (SSSR count). The van der Waals surface area contributed by atoms with Gasteiger partial charge >= 0.3 is 0 Å². The maximum Gasteiger partial charge on any atom is 0.118 e. The Hall–Kier alpha value is -1.02. The summed E-state index contributed by atoms with van der Waals surface area (Å²) in [5, 5.41) is 0. The third kappa shape index (κ3) is 2.76. The number of nitrogens with two attached hydrogens (primary N) is 1. The zero-order chi connectivity index (χ0) is 11.4. The smallest absolute Gasteiger partial charge is 0.118 e. The lowest BCUT2D eigenvalue weighted by Crippen LogP contribution is -2.34. The summed E-state index contributed by atoms with van der Waals surface area (Å²) >= 11 is 0. The molecule has 1 aromatic rings. The van der Waals surface area contributed by atoms with Crippen LogP contribution in [0.3, 0.4) is 0 Å². The first-order chi connectivity index (χ1) is 7.79. The van der Waals surface area contributed by atoms with Crippen LogP contribution in [0.1, 0.15) is 31.2 Å². The van der Waals surface area contributed by atoms with Gasteiger partial charge in [0.05, 0.1) is 7.11 Å². The summed E-state index contributed by atoms with van der Waals surface area (Å²) in [5.74, 6) is 1.71. The molecule has 1 aromatic carbocycles. The van der Waals surface area contributed by atoms with E-state index in [0.717, 1.165) is 24.5 Å². The van der Waals surface area contributed by atoms with E-state index in [1.54, 1.807) is 7.11 Å². The third-order valence-corrected chi connectivity index (χ3v) is 3.68. The molecule has 1 atom stereocenters. The van der Waals surface area contributed by atoms with Crippen molar-refractivity contribution in [3.05, 3.63) is 29.8 Å². The maximum absolute atomic E-state index is 6.16. The predicted octanol–water partition coefficient (Wildman–Crippen LogP) is 2.76. The molecule has 0 radical (unpaired) electrons. The minimum absolute atomic E-state index is 0.399. The Morgan fingerprint density at radius 1 is 1.31 bits per heavy atom. The topological polar surface area (TPSA) is 35.2 Å². The van der Waals surface area contributed by atoms with Crippen molar-refractivity contribution in [1.82, 2.24) is 0 Å². The van der Waals surface area contributed by atoms with Crippen molar-refractivity contribution in [1.29, 1.82) is 0 Å². The van der Waals surface area contributed by atoms with Gasteiger partial charge in [-0.3, -0.25) is 0 Å². The minimum atomic E-state index is 0.399. The summed E-state index contributed by atoms with van der Waals surface area (Å²) in [6.07, 6.45) is 6.24. The van der Waals surface area contributed by atoms with Crippen LogP contribution in [-0.4, -0.2) is 13.2 Å². The fraction of sp³-hybridized carbons (Fsp3) is 0.571. The van der Waals surface area contributed by atoms with Gasteiger partial charge < -0.3 is 10.5 Å². The zero-order valence-electron chi connectivity index (χ0n) is 9.99. The molecular formula is C14H21NO. The van der Waals surface area contributed by atoms with Gasteiger partial charge in [0.15, 0.2) is 0 Å². The van der Waals surface area contributed by atoms with Crippen molar-refractivity contribution in [2.24, 2.45) is 11.7 Å². The Balaban J connectivity index is 1.79. The minimum Gasteiger partial charge on any atom is -0.497 e. The Morgan fingerprint density at radius 3 is 2.50 bits per heavy atom. The highest BCUT2D eigenvalue weighted by Gasteiger charge is 2.23. The molecule has 0 aliphatic heterocycles. The van der Waals surface area contributed by atoms with E-state index in [1.807, 2.05) is 12.1 Å². The number of hydrogen-bond acceptors (Lipinski definition) is 2. The number of rotatable bonds is 5. The summed E-state index contributed by atoms with van der Waals surface area (Å²) in [4.78, 5) is 0. The van der Waals surface area contributed by atoms with Gasteiger partial charge in [0, 0.05) is 6.04 Å². The van der Waals surface area contributed by atoms with Crippen LogP contribution in [0, 0.1) is 5.92 Å². The van der Waals surface area contributed by atoms with Gasteiger partial charge in [0.2, 0.25) is 0 Å². The highest BCUT2D eigenvalue weighted by atomic mass is 16.5. The lowest BCUT2D eigenvalue weighted by Gasteiger charge is -2.31. The molecule has 2 nitrogen and oxygen atoms in total. The van der Waals surface area contributed by atoms with Crippen molar-refractivity contribution in [2.45, 2.75) is 38.1 Å². The summed E-state index contributed by atoms with van der Waals surface area (Å²) in [6, 6.07) is 8.70. The number of aryl methyl sites for hydroxylation is 1. The van der Waals surface area contributed by atoms with Gasteiger partial charge in [-0.25, -0.2) is 0 Å². The number of ether oxygens (including phenoxy) is 1. The normalized spacial score (nSPS) is 17.9. The second-order valence-electron chi connectivity index (χ2n) is 4.74. The molecule has 2 N–H and O–H groups in total. The quantitative estimate of drug-likeness (QED) is 0.826. The molecular weight excluding hydrogens is 198 g/mol. The third-order valence-electron chi connectivity index (χ3n) is 3.68. The summed E-state index contributed by atoms with van der Waals surface area (Å²) in [5.41, 5.74) is 7.52. The molecule has 0 aromatic heterocycles. The van der Waals surface area contributed by atoms with Crippen molar-refractivity contribution in [3.8, 4) is 5.75 Å². The highest BCUT2D eigenvalue weighted by Crippen LogP contribution is 2.30. The second-order valence-corrected chi connectivity index (χ2v) is 4.74. The lowest BCUT2D eigenvalue weighted by molar-refractivity contribution is 0.253. The molecule has 0 bridgehead atoms. The summed E-state index contributed by atoms with van der Waals surface area (Å²) in [6.45, 7) is 0. The van der Waals surface area contributed by atoms with E-state index in [2.05, 4.69) is 12.1 Å². The number of benzene rings is 1. The van der Waals surface area contributed by atoms with Gasteiger partial charge in [0.25, 0.3) is 0 Å². The van der Waals surface area contributed by atoms with Gasteiger partial charge in [-0.2, -0.15) is 0 Å². The van der Waals surface area contributed by atoms with E-state index in [1.165, 1.54) is 24.8 Å². The van der Waals surface area contributed by atoms with Crippen LogP contribution in [0.15, 0.2) is 24.3 Å². The molecule has 2 heteroatoms. The summed E-state index contributed by atoms with van der Waals surface area (Å²) in [7, 11) is 1.70. The molecule has 1 saturated carbocycles. The van der Waals surface area contributed by atoms with E-state index in [0.29, 0.717) is 6.04 Å². The molecule has 0 saturated heterocycles. The van der Waals surface area contributed by atoms with Crippen LogP contribution in [-0.2, 0) is 6.42 Å². The largest absolute Gasteiger partial charge is 0.497 e. The molecule has 1 aliphatic carbocycles. The molecule has 0 spiro atoms. The van der Waals surface area contributed by atoms with Crippen LogP contribution >= 0.6 is 0 Å². The standard InChI is InChI=1S/C14H21NO/c1-16-13-8-5-11(6-9-13)7-10-14(15)12-3-2-4-12/h5-6,8-9,12,14H,2-4,7,10,15H2,1H3. The Labute approximate surface area is 97.8 Å². The van der Waals surface area contributed by atoms with Crippen molar-refractivity contribution in [2.75, 3.05) is 7.11 Å². The molecule has 88 valence electrons. The van der Waals surface area contributed by atoms with E-state index in [9.17, 15) is 0 Å². The number of hydrogen-bond donors (Lipinski definition) is 1. The second kappa shape index (κ2) is 5.35. The molecule has 1 aliphatic rings. The zero-order valence-corrected chi connectivity index (χ0v) is 9.99. The van der Waals surface area contributed by atoms with Crippen LogP contribution in [0.4, 0.5) is 0 Å². The first kappa shape index (κ1) is 11.5. The van der Waals surface area contributed by atoms with Gasteiger partial charge in [-0.15, -0.1) is 0 Å². The van der Waals surface area contributed by atoms with Crippen LogP contribution in [0.2, 0.25) is 0 Å². The molecule has 1 fully saturated rings. The average Bonchev–Trinajstić information content (AvgIpc) is 2.25. The van der Waals surface area contributed by atoms with Crippen molar-refractivity contribution >= 4 is 0 Å². The molecule has 0 heterocycles. The van der Waals surface area contributed by atoms with E-state index in [-0.39, 0.29) is 0 Å². The Bertz CT molecular complexity index is 316. The van der Waals surface area contributed by atoms with Crippen molar-refractivity contribution in [3.63, 3.8) is 0 Å². The number of methoxy groups -OCH3 is 1. The van der Waals surface area contributed by atoms with Gasteiger partial charge in [-0.05, 0) is 49.3 Å². The molecule has 0 amide bonds. The van der Waals surface area contributed by atoms with E-state index < -0.39 is 0 Å². The maximum atomic E-state index is 6.16. The predicted molar refractivity (Wildman–Crippen MR) is 66.6 cm³/mol.